The lowest BCUT2D eigenvalue weighted by molar-refractivity contribution is -0.131. The molecule has 0 aliphatic carbocycles. The van der Waals surface area contributed by atoms with Gasteiger partial charge in [0.2, 0.25) is 5.91 Å². The maximum Gasteiger partial charge on any atom is 0.227 e. The molecule has 0 unspecified atom stereocenters. The fourth-order valence-corrected chi connectivity index (χ4v) is 3.25. The van der Waals surface area contributed by atoms with E-state index in [1.54, 1.807) is 18.3 Å². The minimum atomic E-state index is -0.416. The van der Waals surface area contributed by atoms with Crippen molar-refractivity contribution in [2.45, 2.75) is 25.8 Å². The summed E-state index contributed by atoms with van der Waals surface area (Å²) in [5.41, 5.74) is 0.291. The molecule has 0 bridgehead atoms. The van der Waals surface area contributed by atoms with Crippen molar-refractivity contribution in [1.29, 1.82) is 0 Å². The minimum absolute atomic E-state index is 0.0255. The van der Waals surface area contributed by atoms with Crippen molar-refractivity contribution in [1.82, 2.24) is 14.5 Å². The number of nitrogens with zero attached hydrogens (tertiary/aromatic N) is 3. The number of piperidine rings is 1. The third-order valence-corrected chi connectivity index (χ3v) is 4.74. The normalized spacial score (nSPS) is 15.8. The molecule has 0 atom stereocenters. The van der Waals surface area contributed by atoms with Crippen LogP contribution in [0.5, 0.6) is 0 Å². The van der Waals surface area contributed by atoms with Crippen LogP contribution in [0.1, 0.15) is 18.4 Å². The lowest BCUT2D eigenvalue weighted by Crippen LogP contribution is -2.40. The Labute approximate surface area is 139 Å². The number of likely N-dealkylation sites (tertiary alicyclic amines) is 1. The van der Waals surface area contributed by atoms with Crippen LogP contribution in [-0.2, 0) is 17.8 Å². The Balaban J connectivity index is 1.54. The highest BCUT2D eigenvalue weighted by molar-refractivity contribution is 6.31. The Morgan fingerprint density at radius 3 is 2.78 bits per heavy atom. The summed E-state index contributed by atoms with van der Waals surface area (Å²) in [7, 11) is 0. The zero-order valence-electron chi connectivity index (χ0n) is 12.8. The van der Waals surface area contributed by atoms with E-state index < -0.39 is 5.82 Å². The average molecular weight is 336 g/mol. The smallest absolute Gasteiger partial charge is 0.227 e. The molecule has 0 radical (unpaired) electrons. The van der Waals surface area contributed by atoms with Crippen molar-refractivity contribution in [2.24, 2.45) is 5.92 Å². The Bertz CT molecular complexity index is 646. The Hall–Kier alpha value is -1.88. The van der Waals surface area contributed by atoms with Gasteiger partial charge in [0.25, 0.3) is 0 Å². The molecule has 2 heterocycles. The quantitative estimate of drug-likeness (QED) is 0.860. The number of benzene rings is 1. The molecule has 1 amide bonds. The molecular formula is C17H19ClFN3O. The van der Waals surface area contributed by atoms with E-state index in [-0.39, 0.29) is 12.3 Å². The predicted molar refractivity (Wildman–Crippen MR) is 86.6 cm³/mol. The van der Waals surface area contributed by atoms with E-state index in [1.165, 1.54) is 6.07 Å². The largest absolute Gasteiger partial charge is 0.342 e. The van der Waals surface area contributed by atoms with Crippen LogP contribution in [0.3, 0.4) is 0 Å². The standard InChI is InChI=1S/C17H19ClFN3O/c18-15-2-1-3-16(19)14(15)10-17(23)22-7-4-13(5-8-22)11-21-9-6-20-12-21/h1-3,6,9,12-13H,4-5,7-8,10-11H2. The summed E-state index contributed by atoms with van der Waals surface area (Å²) in [6, 6.07) is 4.50. The van der Waals surface area contributed by atoms with Crippen LogP contribution in [-0.4, -0.2) is 33.4 Å². The van der Waals surface area contributed by atoms with Crippen molar-refractivity contribution in [3.05, 3.63) is 53.3 Å². The SMILES string of the molecule is O=C(Cc1c(F)cccc1Cl)N1CCC(Cn2ccnc2)CC1. The van der Waals surface area contributed by atoms with Gasteiger partial charge in [-0.2, -0.15) is 0 Å². The lowest BCUT2D eigenvalue weighted by Gasteiger charge is -2.32. The van der Waals surface area contributed by atoms with E-state index in [1.807, 2.05) is 17.4 Å². The van der Waals surface area contributed by atoms with Gasteiger partial charge in [0.15, 0.2) is 0 Å². The van der Waals surface area contributed by atoms with Crippen molar-refractivity contribution >= 4 is 17.5 Å². The van der Waals surface area contributed by atoms with Crippen molar-refractivity contribution in [3.8, 4) is 0 Å². The number of halogens is 2. The van der Waals surface area contributed by atoms with Crippen LogP contribution in [0.25, 0.3) is 0 Å². The van der Waals surface area contributed by atoms with E-state index in [2.05, 4.69) is 9.55 Å². The second-order valence-corrected chi connectivity index (χ2v) is 6.37. The fourth-order valence-electron chi connectivity index (χ4n) is 3.02. The molecule has 1 aromatic heterocycles. The summed E-state index contributed by atoms with van der Waals surface area (Å²) in [4.78, 5) is 18.2. The van der Waals surface area contributed by atoms with Crippen molar-refractivity contribution < 1.29 is 9.18 Å². The molecule has 0 N–H and O–H groups in total. The third-order valence-electron chi connectivity index (χ3n) is 4.39. The minimum Gasteiger partial charge on any atom is -0.342 e. The van der Waals surface area contributed by atoms with Gasteiger partial charge in [-0.05, 0) is 30.9 Å². The van der Waals surface area contributed by atoms with Crippen LogP contribution in [0.2, 0.25) is 5.02 Å². The molecule has 1 aliphatic rings. The van der Waals surface area contributed by atoms with Crippen molar-refractivity contribution in [2.75, 3.05) is 13.1 Å². The number of aromatic nitrogens is 2. The second kappa shape index (κ2) is 7.13. The van der Waals surface area contributed by atoms with Gasteiger partial charge >= 0.3 is 0 Å². The average Bonchev–Trinajstić information content (AvgIpc) is 3.04. The monoisotopic (exact) mass is 335 g/mol. The van der Waals surface area contributed by atoms with Crippen LogP contribution in [0.4, 0.5) is 4.39 Å². The summed E-state index contributed by atoms with van der Waals surface area (Å²) in [6.45, 7) is 2.36. The van der Waals surface area contributed by atoms with Gasteiger partial charge in [0, 0.05) is 42.6 Å². The van der Waals surface area contributed by atoms with E-state index in [0.717, 1.165) is 19.4 Å². The van der Waals surface area contributed by atoms with E-state index >= 15 is 0 Å². The molecule has 1 fully saturated rings. The molecule has 4 nitrogen and oxygen atoms in total. The molecule has 1 saturated heterocycles. The Morgan fingerprint density at radius 2 is 2.13 bits per heavy atom. The number of rotatable bonds is 4. The van der Waals surface area contributed by atoms with Crippen LogP contribution >= 0.6 is 11.6 Å². The summed E-state index contributed by atoms with van der Waals surface area (Å²) >= 11 is 6.00. The molecule has 3 rings (SSSR count). The topological polar surface area (TPSA) is 38.1 Å². The molecule has 0 saturated carbocycles. The number of carbonyl (C=O) groups excluding carboxylic acids is 1. The van der Waals surface area contributed by atoms with Gasteiger partial charge in [-0.15, -0.1) is 0 Å². The van der Waals surface area contributed by atoms with Crippen molar-refractivity contribution in [3.63, 3.8) is 0 Å². The van der Waals surface area contributed by atoms with Gasteiger partial charge in [-0.25, -0.2) is 9.37 Å². The summed E-state index contributed by atoms with van der Waals surface area (Å²) in [5.74, 6) is 0.0734. The number of hydrogen-bond donors (Lipinski definition) is 0. The number of hydrogen-bond acceptors (Lipinski definition) is 2. The molecule has 1 aromatic carbocycles. The first kappa shape index (κ1) is 16.0. The lowest BCUT2D eigenvalue weighted by atomic mass is 9.96. The highest BCUT2D eigenvalue weighted by Gasteiger charge is 2.24. The summed E-state index contributed by atoms with van der Waals surface area (Å²) in [5, 5.41) is 0.313. The zero-order valence-corrected chi connectivity index (χ0v) is 13.5. The van der Waals surface area contributed by atoms with E-state index in [4.69, 9.17) is 11.6 Å². The second-order valence-electron chi connectivity index (χ2n) is 5.96. The molecule has 23 heavy (non-hydrogen) atoms. The van der Waals surface area contributed by atoms with Crippen LogP contribution < -0.4 is 0 Å². The molecule has 0 spiro atoms. The summed E-state index contributed by atoms with van der Waals surface area (Å²) in [6.07, 6.45) is 7.48. The maximum atomic E-state index is 13.8. The highest BCUT2D eigenvalue weighted by Crippen LogP contribution is 2.23. The first-order valence-electron chi connectivity index (χ1n) is 7.80. The fraction of sp³-hybridized carbons (Fsp3) is 0.412. The molecule has 122 valence electrons. The van der Waals surface area contributed by atoms with E-state index in [0.29, 0.717) is 29.6 Å². The zero-order chi connectivity index (χ0) is 16.2. The first-order valence-corrected chi connectivity index (χ1v) is 8.17. The van der Waals surface area contributed by atoms with Crippen LogP contribution in [0, 0.1) is 11.7 Å². The Morgan fingerprint density at radius 1 is 1.35 bits per heavy atom. The van der Waals surface area contributed by atoms with Gasteiger partial charge in [0.1, 0.15) is 5.82 Å². The number of amides is 1. The molecular weight excluding hydrogens is 317 g/mol. The maximum absolute atomic E-state index is 13.8. The van der Waals surface area contributed by atoms with Gasteiger partial charge in [-0.3, -0.25) is 4.79 Å². The van der Waals surface area contributed by atoms with Gasteiger partial charge < -0.3 is 9.47 Å². The van der Waals surface area contributed by atoms with E-state index in [9.17, 15) is 9.18 Å². The first-order chi connectivity index (χ1) is 11.1. The predicted octanol–water partition coefficient (Wildman–Crippen LogP) is 3.16. The van der Waals surface area contributed by atoms with Gasteiger partial charge in [0.05, 0.1) is 12.7 Å². The number of imidazole rings is 1. The molecule has 2 aromatic rings. The highest BCUT2D eigenvalue weighted by atomic mass is 35.5. The van der Waals surface area contributed by atoms with Gasteiger partial charge in [-0.1, -0.05) is 17.7 Å². The number of carbonyl (C=O) groups is 1. The third kappa shape index (κ3) is 3.91. The Kier molecular flexibility index (Phi) is 4.96. The molecule has 6 heteroatoms. The molecule has 1 aliphatic heterocycles. The van der Waals surface area contributed by atoms with Crippen LogP contribution in [0.15, 0.2) is 36.9 Å². The summed E-state index contributed by atoms with van der Waals surface area (Å²) < 4.78 is 15.9.